The quantitative estimate of drug-likeness (QED) is 0.184. The normalized spacial score (nSPS) is 17.5. The zero-order valence-corrected chi connectivity index (χ0v) is 26.5. The molecule has 0 radical (unpaired) electrons. The topological polar surface area (TPSA) is 18.5 Å². The van der Waals surface area contributed by atoms with Crippen molar-refractivity contribution in [2.75, 3.05) is 0 Å². The molecule has 2 nitrogen and oxygen atoms in total. The molecular formula is C38H37BO2S. The molecule has 5 aromatic rings. The van der Waals surface area contributed by atoms with Gasteiger partial charge in [0.2, 0.25) is 0 Å². The maximum atomic E-state index is 6.67. The Morgan fingerprint density at radius 3 is 2.17 bits per heavy atom. The summed E-state index contributed by atoms with van der Waals surface area (Å²) in [6.45, 7) is 16.5. The van der Waals surface area contributed by atoms with Crippen LogP contribution in [0.2, 0.25) is 0 Å². The zero-order chi connectivity index (χ0) is 29.2. The lowest BCUT2D eigenvalue weighted by Gasteiger charge is -2.42. The standard InChI is InChI=1S/C38H37BO2S/c1-36(2,3)24-13-16-32-25(21-24)34-35(42-32)39-28-15-12-23(20-31(28)40-29-9-8-10-30(41-34)33(29)39)22-11-14-26-27(19-22)38(6,7)18-17-37(26,4)5/h8-16,19-21H,17-18H2,1-7H3. The van der Waals surface area contributed by atoms with Crippen LogP contribution < -0.4 is 25.2 Å². The summed E-state index contributed by atoms with van der Waals surface area (Å²) < 4.78 is 15.9. The van der Waals surface area contributed by atoms with Gasteiger partial charge in [0, 0.05) is 20.3 Å². The van der Waals surface area contributed by atoms with Crippen LogP contribution in [-0.4, -0.2) is 6.71 Å². The van der Waals surface area contributed by atoms with E-state index in [1.54, 1.807) is 0 Å². The number of fused-ring (bicyclic) bond motifs is 7. The predicted octanol–water partition coefficient (Wildman–Crippen LogP) is 8.94. The molecule has 4 aromatic carbocycles. The molecule has 1 aliphatic carbocycles. The molecule has 0 N–H and O–H groups in total. The summed E-state index contributed by atoms with van der Waals surface area (Å²) in [6.07, 6.45) is 2.43. The fraction of sp³-hybridized carbons (Fsp3) is 0.316. The Bertz CT molecular complexity index is 1940. The van der Waals surface area contributed by atoms with E-state index in [4.69, 9.17) is 9.47 Å². The van der Waals surface area contributed by atoms with Crippen molar-refractivity contribution in [3.05, 3.63) is 89.5 Å². The molecule has 3 heterocycles. The van der Waals surface area contributed by atoms with Gasteiger partial charge >= 0.3 is 0 Å². The SMILES string of the molecule is CC(C)(C)c1ccc2sc3c(c2c1)Oc1cccc2c1B3c1ccc(-c3ccc4c(c3)C(C)(C)CCC4(C)C)cc1O2. The molecule has 8 rings (SSSR count). The van der Waals surface area contributed by atoms with Crippen LogP contribution in [0.1, 0.15) is 78.0 Å². The summed E-state index contributed by atoms with van der Waals surface area (Å²) in [7, 11) is 0. The van der Waals surface area contributed by atoms with Crippen LogP contribution in [0.5, 0.6) is 23.0 Å². The lowest BCUT2D eigenvalue weighted by molar-refractivity contribution is 0.332. The third kappa shape index (κ3) is 3.77. The highest BCUT2D eigenvalue weighted by atomic mass is 32.1. The van der Waals surface area contributed by atoms with Crippen molar-refractivity contribution in [2.45, 2.75) is 77.6 Å². The lowest BCUT2D eigenvalue weighted by atomic mass is 9.37. The minimum Gasteiger partial charge on any atom is -0.458 e. The first-order chi connectivity index (χ1) is 19.9. The molecule has 0 saturated heterocycles. The highest BCUT2D eigenvalue weighted by molar-refractivity contribution is 7.33. The average molecular weight is 569 g/mol. The van der Waals surface area contributed by atoms with Crippen LogP contribution in [0.3, 0.4) is 0 Å². The first-order valence-electron chi connectivity index (χ1n) is 15.3. The molecule has 0 amide bonds. The Balaban J connectivity index is 1.27. The molecule has 3 aliphatic rings. The van der Waals surface area contributed by atoms with Gasteiger partial charge in [-0.15, -0.1) is 11.3 Å². The Labute approximate surface area is 253 Å². The van der Waals surface area contributed by atoms with E-state index in [0.29, 0.717) is 0 Å². The van der Waals surface area contributed by atoms with Crippen molar-refractivity contribution < 1.29 is 9.47 Å². The second kappa shape index (κ2) is 8.54. The maximum Gasteiger partial charge on any atom is 0.273 e. The second-order valence-corrected chi connectivity index (χ2v) is 15.9. The van der Waals surface area contributed by atoms with Crippen molar-refractivity contribution >= 4 is 43.8 Å². The van der Waals surface area contributed by atoms with Crippen molar-refractivity contribution in [2.24, 2.45) is 0 Å². The van der Waals surface area contributed by atoms with Crippen LogP contribution >= 0.6 is 11.3 Å². The number of benzene rings is 4. The lowest BCUT2D eigenvalue weighted by Crippen LogP contribution is -2.56. The van der Waals surface area contributed by atoms with E-state index in [1.165, 1.54) is 61.0 Å². The number of hydrogen-bond acceptors (Lipinski definition) is 3. The Morgan fingerprint density at radius 1 is 0.714 bits per heavy atom. The van der Waals surface area contributed by atoms with Gasteiger partial charge in [-0.05, 0) is 92.7 Å². The van der Waals surface area contributed by atoms with E-state index in [0.717, 1.165) is 28.5 Å². The Kier molecular flexibility index (Phi) is 5.32. The van der Waals surface area contributed by atoms with Gasteiger partial charge < -0.3 is 9.47 Å². The molecule has 0 bridgehead atoms. The maximum absolute atomic E-state index is 6.67. The highest BCUT2D eigenvalue weighted by Gasteiger charge is 2.42. The molecule has 0 saturated carbocycles. The van der Waals surface area contributed by atoms with E-state index in [1.807, 2.05) is 17.4 Å². The first kappa shape index (κ1) is 26.2. The van der Waals surface area contributed by atoms with Gasteiger partial charge in [-0.1, -0.05) is 90.9 Å². The van der Waals surface area contributed by atoms with E-state index in [-0.39, 0.29) is 23.0 Å². The fourth-order valence-corrected chi connectivity index (χ4v) is 8.55. The van der Waals surface area contributed by atoms with Crippen LogP contribution in [0.4, 0.5) is 0 Å². The summed E-state index contributed by atoms with van der Waals surface area (Å²) in [4.78, 5) is 0. The van der Waals surface area contributed by atoms with Crippen LogP contribution in [0.15, 0.2) is 72.8 Å². The van der Waals surface area contributed by atoms with Gasteiger partial charge in [0.15, 0.2) is 0 Å². The smallest absolute Gasteiger partial charge is 0.273 e. The van der Waals surface area contributed by atoms with Crippen LogP contribution in [0, 0.1) is 0 Å². The number of ether oxygens (including phenoxy) is 2. The zero-order valence-electron chi connectivity index (χ0n) is 25.6. The second-order valence-electron chi connectivity index (χ2n) is 14.8. The van der Waals surface area contributed by atoms with E-state index < -0.39 is 0 Å². The molecule has 0 fully saturated rings. The van der Waals surface area contributed by atoms with Gasteiger partial charge in [-0.25, -0.2) is 0 Å². The molecule has 0 spiro atoms. The average Bonchev–Trinajstić information content (AvgIpc) is 3.32. The number of thiophene rings is 1. The predicted molar refractivity (Wildman–Crippen MR) is 179 cm³/mol. The molecule has 0 unspecified atom stereocenters. The van der Waals surface area contributed by atoms with Gasteiger partial charge in [0.25, 0.3) is 6.71 Å². The minimum absolute atomic E-state index is 0.0755. The molecule has 2 aliphatic heterocycles. The largest absolute Gasteiger partial charge is 0.458 e. The highest BCUT2D eigenvalue weighted by Crippen LogP contribution is 2.47. The summed E-state index contributed by atoms with van der Waals surface area (Å²) >= 11 is 1.86. The number of hydrogen-bond donors (Lipinski definition) is 0. The number of rotatable bonds is 1. The van der Waals surface area contributed by atoms with Crippen LogP contribution in [-0.2, 0) is 16.2 Å². The van der Waals surface area contributed by atoms with Crippen molar-refractivity contribution in [3.63, 3.8) is 0 Å². The molecule has 1 aromatic heterocycles. The summed E-state index contributed by atoms with van der Waals surface area (Å²) in [5, 5.41) is 1.21. The minimum atomic E-state index is 0.0755. The van der Waals surface area contributed by atoms with Gasteiger partial charge in [0.1, 0.15) is 23.0 Å². The van der Waals surface area contributed by atoms with Gasteiger partial charge in [-0.3, -0.25) is 0 Å². The third-order valence-corrected chi connectivity index (χ3v) is 11.3. The summed E-state index contributed by atoms with van der Waals surface area (Å²) in [5.41, 5.74) is 9.58. The molecule has 4 heteroatoms. The van der Waals surface area contributed by atoms with Crippen molar-refractivity contribution in [1.82, 2.24) is 0 Å². The van der Waals surface area contributed by atoms with Crippen molar-refractivity contribution in [3.8, 4) is 34.1 Å². The molecular weight excluding hydrogens is 531 g/mol. The van der Waals surface area contributed by atoms with E-state index in [2.05, 4.69) is 115 Å². The molecule has 42 heavy (non-hydrogen) atoms. The summed E-state index contributed by atoms with van der Waals surface area (Å²) in [5.74, 6) is 3.75. The van der Waals surface area contributed by atoms with Crippen LogP contribution in [0.25, 0.3) is 21.2 Å². The van der Waals surface area contributed by atoms with Gasteiger partial charge in [0.05, 0.1) is 0 Å². The Hall–Kier alpha value is -3.50. The fourth-order valence-electron chi connectivity index (χ4n) is 7.31. The molecule has 0 atom stereocenters. The summed E-state index contributed by atoms with van der Waals surface area (Å²) in [6, 6.07) is 27.1. The molecule has 210 valence electrons. The van der Waals surface area contributed by atoms with E-state index in [9.17, 15) is 0 Å². The van der Waals surface area contributed by atoms with Crippen molar-refractivity contribution in [1.29, 1.82) is 0 Å². The van der Waals surface area contributed by atoms with Gasteiger partial charge in [-0.2, -0.15) is 0 Å². The van der Waals surface area contributed by atoms with E-state index >= 15 is 0 Å². The third-order valence-electron chi connectivity index (χ3n) is 10.1. The first-order valence-corrected chi connectivity index (χ1v) is 16.1. The monoisotopic (exact) mass is 568 g/mol. The Morgan fingerprint density at radius 2 is 1.40 bits per heavy atom.